The van der Waals surface area contributed by atoms with Gasteiger partial charge in [0, 0.05) is 37.4 Å². The number of hydrogen-bond acceptors (Lipinski definition) is 4. The summed E-state index contributed by atoms with van der Waals surface area (Å²) in [6, 6.07) is 8.55. The van der Waals surface area contributed by atoms with Crippen LogP contribution in [0.3, 0.4) is 0 Å². The topological polar surface area (TPSA) is 67.8 Å². The Kier molecular flexibility index (Phi) is 11.0. The molecule has 2 aromatic rings. The van der Waals surface area contributed by atoms with E-state index in [0.717, 1.165) is 11.1 Å². The van der Waals surface area contributed by atoms with Crippen molar-refractivity contribution in [2.24, 2.45) is 4.99 Å². The first-order valence-electron chi connectivity index (χ1n) is 8.72. The van der Waals surface area contributed by atoms with Gasteiger partial charge in [-0.25, -0.2) is 4.98 Å². The lowest BCUT2D eigenvalue weighted by atomic mass is 10.1. The number of hydrogen-bond donors (Lipinski definition) is 2. The lowest BCUT2D eigenvalue weighted by Crippen LogP contribution is -2.37. The molecule has 0 aliphatic heterocycles. The van der Waals surface area contributed by atoms with Gasteiger partial charge in [0.05, 0.1) is 7.11 Å². The van der Waals surface area contributed by atoms with E-state index in [0.29, 0.717) is 36.2 Å². The Hall–Kier alpha value is -1.95. The van der Waals surface area contributed by atoms with Crippen molar-refractivity contribution in [2.75, 3.05) is 27.3 Å². The van der Waals surface area contributed by atoms with Gasteiger partial charge in [-0.2, -0.15) is 13.2 Å². The normalized spacial score (nSPS) is 11.5. The van der Waals surface area contributed by atoms with Crippen LogP contribution in [0.25, 0.3) is 0 Å². The Bertz CT molecular complexity index is 820. The van der Waals surface area contributed by atoms with Crippen LogP contribution in [0.1, 0.15) is 11.1 Å². The van der Waals surface area contributed by atoms with Crippen molar-refractivity contribution in [1.29, 1.82) is 0 Å². The third-order valence-electron chi connectivity index (χ3n) is 3.81. The van der Waals surface area contributed by atoms with Crippen LogP contribution in [-0.2, 0) is 13.0 Å². The van der Waals surface area contributed by atoms with Crippen molar-refractivity contribution in [1.82, 2.24) is 15.6 Å². The number of nitrogens with one attached hydrogen (secondary N) is 2. The molecule has 6 nitrogen and oxygen atoms in total. The first kappa shape index (κ1) is 26.1. The Balaban J connectivity index is 0.00000450. The molecule has 0 bridgehead atoms. The SMILES string of the molecule is CN=C(NCCc1ccc(OC)cc1Cl)NCc1ccc(OCC(F)(F)F)nc1.I. The van der Waals surface area contributed by atoms with Gasteiger partial charge in [-0.3, -0.25) is 4.99 Å². The van der Waals surface area contributed by atoms with Gasteiger partial charge in [0.15, 0.2) is 12.6 Å². The third kappa shape index (κ3) is 9.24. The summed E-state index contributed by atoms with van der Waals surface area (Å²) in [5.74, 6) is 1.20. The number of aromatic nitrogens is 1. The monoisotopic (exact) mass is 558 g/mol. The van der Waals surface area contributed by atoms with E-state index in [1.54, 1.807) is 26.3 Å². The predicted octanol–water partition coefficient (Wildman–Crippen LogP) is 4.21. The third-order valence-corrected chi connectivity index (χ3v) is 4.16. The van der Waals surface area contributed by atoms with Crippen LogP contribution >= 0.6 is 35.6 Å². The molecule has 2 rings (SSSR count). The van der Waals surface area contributed by atoms with Crippen LogP contribution in [0.2, 0.25) is 5.02 Å². The first-order chi connectivity index (χ1) is 13.8. The first-order valence-corrected chi connectivity index (χ1v) is 9.10. The largest absolute Gasteiger partial charge is 0.497 e. The van der Waals surface area contributed by atoms with Crippen LogP contribution in [0.15, 0.2) is 41.5 Å². The predicted molar refractivity (Wildman–Crippen MR) is 121 cm³/mol. The lowest BCUT2D eigenvalue weighted by Gasteiger charge is -2.13. The number of benzene rings is 1. The molecule has 0 aliphatic rings. The smallest absolute Gasteiger partial charge is 0.422 e. The fraction of sp³-hybridized carbons (Fsp3) is 0.368. The highest BCUT2D eigenvalue weighted by Gasteiger charge is 2.28. The molecule has 1 aromatic heterocycles. The zero-order chi connectivity index (χ0) is 21.3. The number of guanidine groups is 1. The van der Waals surface area contributed by atoms with E-state index >= 15 is 0 Å². The summed E-state index contributed by atoms with van der Waals surface area (Å²) >= 11 is 6.23. The average molecular weight is 559 g/mol. The van der Waals surface area contributed by atoms with Crippen LogP contribution in [0, 0.1) is 0 Å². The zero-order valence-electron chi connectivity index (χ0n) is 16.4. The summed E-state index contributed by atoms with van der Waals surface area (Å²) in [5.41, 5.74) is 1.75. The Labute approximate surface area is 195 Å². The van der Waals surface area contributed by atoms with E-state index in [4.69, 9.17) is 16.3 Å². The van der Waals surface area contributed by atoms with E-state index in [1.165, 1.54) is 12.3 Å². The van der Waals surface area contributed by atoms with Gasteiger partial charge < -0.3 is 20.1 Å². The Morgan fingerprint density at radius 1 is 1.20 bits per heavy atom. The molecule has 0 saturated carbocycles. The summed E-state index contributed by atoms with van der Waals surface area (Å²) in [6.07, 6.45) is -2.25. The summed E-state index contributed by atoms with van der Waals surface area (Å²) < 4.78 is 46.1. The number of pyridine rings is 1. The number of rotatable bonds is 8. The van der Waals surface area contributed by atoms with Gasteiger partial charge >= 0.3 is 6.18 Å². The van der Waals surface area contributed by atoms with Crippen molar-refractivity contribution in [3.05, 3.63) is 52.7 Å². The second-order valence-corrected chi connectivity index (χ2v) is 6.38. The fourth-order valence-corrected chi connectivity index (χ4v) is 2.60. The molecule has 0 spiro atoms. The van der Waals surface area contributed by atoms with Crippen molar-refractivity contribution >= 4 is 41.5 Å². The number of halogens is 5. The highest BCUT2D eigenvalue weighted by atomic mass is 127. The van der Waals surface area contributed by atoms with Crippen molar-refractivity contribution in [3.63, 3.8) is 0 Å². The van der Waals surface area contributed by atoms with E-state index < -0.39 is 12.8 Å². The molecular formula is C19H23ClF3IN4O2. The summed E-state index contributed by atoms with van der Waals surface area (Å²) in [4.78, 5) is 7.99. The number of nitrogens with zero attached hydrogens (tertiary/aromatic N) is 2. The fourth-order valence-electron chi connectivity index (χ4n) is 2.34. The summed E-state index contributed by atoms with van der Waals surface area (Å²) in [5, 5.41) is 6.91. The molecule has 0 aliphatic carbocycles. The van der Waals surface area contributed by atoms with Gasteiger partial charge in [-0.1, -0.05) is 23.7 Å². The maximum atomic E-state index is 12.1. The van der Waals surface area contributed by atoms with Gasteiger partial charge in [0.25, 0.3) is 0 Å². The number of aliphatic imine (C=N–C) groups is 1. The molecule has 0 atom stereocenters. The molecule has 1 aromatic carbocycles. The van der Waals surface area contributed by atoms with Gasteiger partial charge in [-0.05, 0) is 29.7 Å². The minimum atomic E-state index is -4.39. The minimum Gasteiger partial charge on any atom is -0.497 e. The second kappa shape index (κ2) is 12.7. The number of alkyl halides is 3. The molecule has 0 unspecified atom stereocenters. The van der Waals surface area contributed by atoms with Gasteiger partial charge in [0.2, 0.25) is 5.88 Å². The van der Waals surface area contributed by atoms with Crippen molar-refractivity contribution in [2.45, 2.75) is 19.1 Å². The second-order valence-electron chi connectivity index (χ2n) is 5.97. The summed E-state index contributed by atoms with van der Waals surface area (Å²) in [6.45, 7) is -0.365. The molecule has 2 N–H and O–H groups in total. The lowest BCUT2D eigenvalue weighted by molar-refractivity contribution is -0.154. The van der Waals surface area contributed by atoms with Crippen LogP contribution in [0.4, 0.5) is 13.2 Å². The standard InChI is InChI=1S/C19H22ClF3N4O2.HI/c1-24-18(25-8-7-14-4-5-15(28-2)9-16(14)20)27-11-13-3-6-17(26-10-13)29-12-19(21,22)23;/h3-6,9-10H,7-8,11-12H2,1-2H3,(H2,24,25,27);1H. The van der Waals surface area contributed by atoms with Gasteiger partial charge in [0.1, 0.15) is 5.75 Å². The quantitative estimate of drug-likeness (QED) is 0.289. The molecule has 0 radical (unpaired) electrons. The van der Waals surface area contributed by atoms with E-state index in [9.17, 15) is 13.2 Å². The van der Waals surface area contributed by atoms with Crippen LogP contribution < -0.4 is 20.1 Å². The highest BCUT2D eigenvalue weighted by Crippen LogP contribution is 2.22. The summed E-state index contributed by atoms with van der Waals surface area (Å²) in [7, 11) is 3.23. The molecule has 1 heterocycles. The van der Waals surface area contributed by atoms with E-state index in [1.807, 2.05) is 12.1 Å². The number of ether oxygens (including phenoxy) is 2. The van der Waals surface area contributed by atoms with Crippen molar-refractivity contribution < 1.29 is 22.6 Å². The molecule has 0 fully saturated rings. The zero-order valence-corrected chi connectivity index (χ0v) is 19.5. The maximum absolute atomic E-state index is 12.1. The number of methoxy groups -OCH3 is 1. The van der Waals surface area contributed by atoms with Crippen LogP contribution in [-0.4, -0.2) is 44.4 Å². The van der Waals surface area contributed by atoms with Gasteiger partial charge in [-0.15, -0.1) is 24.0 Å². The molecule has 30 heavy (non-hydrogen) atoms. The molecule has 0 saturated heterocycles. The molecular weight excluding hydrogens is 536 g/mol. The minimum absolute atomic E-state index is 0. The highest BCUT2D eigenvalue weighted by molar-refractivity contribution is 14.0. The average Bonchev–Trinajstić information content (AvgIpc) is 2.70. The van der Waals surface area contributed by atoms with E-state index in [2.05, 4.69) is 25.3 Å². The molecule has 11 heteroatoms. The van der Waals surface area contributed by atoms with Crippen LogP contribution in [0.5, 0.6) is 11.6 Å². The maximum Gasteiger partial charge on any atom is 0.422 e. The Morgan fingerprint density at radius 3 is 2.53 bits per heavy atom. The van der Waals surface area contributed by atoms with E-state index in [-0.39, 0.29) is 29.9 Å². The molecule has 166 valence electrons. The molecule has 0 amide bonds. The van der Waals surface area contributed by atoms with Crippen molar-refractivity contribution in [3.8, 4) is 11.6 Å². The Morgan fingerprint density at radius 2 is 1.97 bits per heavy atom.